The van der Waals surface area contributed by atoms with Crippen LogP contribution < -0.4 is 15.8 Å². The molecule has 138 valence electrons. The summed E-state index contributed by atoms with van der Waals surface area (Å²) in [6, 6.07) is 18.8. The molecule has 2 amide bonds. The van der Waals surface area contributed by atoms with Crippen LogP contribution in [0.15, 0.2) is 60.7 Å². The van der Waals surface area contributed by atoms with Crippen molar-refractivity contribution in [1.29, 1.82) is 0 Å². The van der Waals surface area contributed by atoms with Gasteiger partial charge in [0.25, 0.3) is 5.91 Å². The van der Waals surface area contributed by atoms with Gasteiger partial charge in [-0.2, -0.15) is 5.10 Å². The number of ether oxygens (including phenoxy) is 1. The number of carbonyl (C=O) groups excluding carboxylic acids is 2. The number of nitrogens with one attached hydrogen (secondary N) is 1. The zero-order valence-corrected chi connectivity index (χ0v) is 14.9. The minimum Gasteiger partial charge on any atom is -0.497 e. The molecule has 7 heteroatoms. The Kier molecular flexibility index (Phi) is 5.51. The standard InChI is InChI=1S/C20H20N4O3/c1-27-16-9-7-15(8-10-16)24-18(14-5-3-2-4-6-14)13-17(23-24)20(26)22-12-11-19(21)25/h2-10,13H,11-12H2,1H3,(H2,21,25)(H,22,26). The molecule has 1 aromatic heterocycles. The van der Waals surface area contributed by atoms with Gasteiger partial charge in [0.2, 0.25) is 5.91 Å². The lowest BCUT2D eigenvalue weighted by Gasteiger charge is -2.08. The van der Waals surface area contributed by atoms with Crippen molar-refractivity contribution < 1.29 is 14.3 Å². The summed E-state index contributed by atoms with van der Waals surface area (Å²) in [4.78, 5) is 23.2. The molecule has 27 heavy (non-hydrogen) atoms. The van der Waals surface area contributed by atoms with E-state index in [1.165, 1.54) is 0 Å². The first kappa shape index (κ1) is 18.2. The van der Waals surface area contributed by atoms with E-state index in [1.54, 1.807) is 17.9 Å². The van der Waals surface area contributed by atoms with Gasteiger partial charge in [0.1, 0.15) is 5.75 Å². The number of rotatable bonds is 7. The van der Waals surface area contributed by atoms with Crippen molar-refractivity contribution in [1.82, 2.24) is 15.1 Å². The number of nitrogens with two attached hydrogens (primary N) is 1. The third kappa shape index (κ3) is 4.33. The average molecular weight is 364 g/mol. The molecule has 0 spiro atoms. The van der Waals surface area contributed by atoms with Crippen LogP contribution in [0.2, 0.25) is 0 Å². The Bertz CT molecular complexity index is 934. The number of carbonyl (C=O) groups is 2. The van der Waals surface area contributed by atoms with Gasteiger partial charge in [-0.15, -0.1) is 0 Å². The lowest BCUT2D eigenvalue weighted by molar-refractivity contribution is -0.117. The minimum absolute atomic E-state index is 0.0798. The molecule has 0 unspecified atom stereocenters. The number of hydrogen-bond donors (Lipinski definition) is 2. The minimum atomic E-state index is -0.468. The van der Waals surface area contributed by atoms with Crippen molar-refractivity contribution in [3.8, 4) is 22.7 Å². The maximum Gasteiger partial charge on any atom is 0.271 e. The Balaban J connectivity index is 1.96. The maximum absolute atomic E-state index is 12.4. The molecule has 3 aromatic rings. The molecule has 0 radical (unpaired) electrons. The summed E-state index contributed by atoms with van der Waals surface area (Å²) in [5.41, 5.74) is 7.86. The number of aromatic nitrogens is 2. The molecule has 0 bridgehead atoms. The third-order valence-corrected chi connectivity index (χ3v) is 3.99. The molecule has 0 atom stereocenters. The Morgan fingerprint density at radius 1 is 1.11 bits per heavy atom. The van der Waals surface area contributed by atoms with Crippen LogP contribution in [0.1, 0.15) is 16.9 Å². The average Bonchev–Trinajstić information content (AvgIpc) is 3.14. The highest BCUT2D eigenvalue weighted by molar-refractivity contribution is 5.93. The largest absolute Gasteiger partial charge is 0.497 e. The van der Waals surface area contributed by atoms with E-state index in [4.69, 9.17) is 10.5 Å². The van der Waals surface area contributed by atoms with Crippen molar-refractivity contribution in [3.05, 3.63) is 66.4 Å². The van der Waals surface area contributed by atoms with E-state index in [0.29, 0.717) is 0 Å². The zero-order valence-electron chi connectivity index (χ0n) is 14.9. The number of hydrogen-bond acceptors (Lipinski definition) is 4. The molecular formula is C20H20N4O3. The second-order valence-corrected chi connectivity index (χ2v) is 5.86. The van der Waals surface area contributed by atoms with Gasteiger partial charge in [-0.1, -0.05) is 30.3 Å². The summed E-state index contributed by atoms with van der Waals surface area (Å²) < 4.78 is 6.90. The predicted octanol–water partition coefficient (Wildman–Crippen LogP) is 2.15. The number of benzene rings is 2. The molecule has 1 heterocycles. The molecule has 0 aliphatic rings. The van der Waals surface area contributed by atoms with Crippen LogP contribution >= 0.6 is 0 Å². The molecule has 0 aliphatic carbocycles. The van der Waals surface area contributed by atoms with Crippen LogP contribution in [-0.4, -0.2) is 35.2 Å². The molecular weight excluding hydrogens is 344 g/mol. The van der Waals surface area contributed by atoms with Crippen LogP contribution in [0.3, 0.4) is 0 Å². The molecule has 3 rings (SSSR count). The number of nitrogens with zero attached hydrogens (tertiary/aromatic N) is 2. The normalized spacial score (nSPS) is 10.4. The topological polar surface area (TPSA) is 99.2 Å². The maximum atomic E-state index is 12.4. The zero-order chi connectivity index (χ0) is 19.2. The molecule has 2 aromatic carbocycles. The molecule has 0 fully saturated rings. The summed E-state index contributed by atoms with van der Waals surface area (Å²) in [5.74, 6) is -0.0960. The Morgan fingerprint density at radius 2 is 1.81 bits per heavy atom. The van der Waals surface area contributed by atoms with Crippen molar-refractivity contribution in [2.45, 2.75) is 6.42 Å². The summed E-state index contributed by atoms with van der Waals surface area (Å²) in [6.07, 6.45) is 0.0798. The Hall–Kier alpha value is -3.61. The van der Waals surface area contributed by atoms with E-state index in [0.717, 1.165) is 22.7 Å². The van der Waals surface area contributed by atoms with Crippen LogP contribution in [-0.2, 0) is 4.79 Å². The molecule has 7 nitrogen and oxygen atoms in total. The fourth-order valence-electron chi connectivity index (χ4n) is 2.62. The highest BCUT2D eigenvalue weighted by Crippen LogP contribution is 2.25. The van der Waals surface area contributed by atoms with Gasteiger partial charge in [-0.25, -0.2) is 4.68 Å². The van der Waals surface area contributed by atoms with Gasteiger partial charge in [-0.3, -0.25) is 9.59 Å². The third-order valence-electron chi connectivity index (χ3n) is 3.99. The van der Waals surface area contributed by atoms with Crippen LogP contribution in [0.25, 0.3) is 16.9 Å². The van der Waals surface area contributed by atoms with E-state index in [9.17, 15) is 9.59 Å². The quantitative estimate of drug-likeness (QED) is 0.671. The second kappa shape index (κ2) is 8.18. The molecule has 0 saturated carbocycles. The lowest BCUT2D eigenvalue weighted by atomic mass is 10.1. The van der Waals surface area contributed by atoms with E-state index < -0.39 is 5.91 Å². The summed E-state index contributed by atoms with van der Waals surface area (Å²) >= 11 is 0. The summed E-state index contributed by atoms with van der Waals surface area (Å²) in [7, 11) is 1.60. The number of methoxy groups -OCH3 is 1. The van der Waals surface area contributed by atoms with Crippen molar-refractivity contribution in [3.63, 3.8) is 0 Å². The fraction of sp³-hybridized carbons (Fsp3) is 0.150. The van der Waals surface area contributed by atoms with Gasteiger partial charge >= 0.3 is 0 Å². The molecule has 0 saturated heterocycles. The van der Waals surface area contributed by atoms with E-state index >= 15 is 0 Å². The first-order valence-corrected chi connectivity index (χ1v) is 8.45. The van der Waals surface area contributed by atoms with Gasteiger partial charge in [-0.05, 0) is 30.3 Å². The summed E-state index contributed by atoms with van der Waals surface area (Å²) in [5, 5.41) is 7.11. The fourth-order valence-corrected chi connectivity index (χ4v) is 2.62. The number of primary amides is 1. The molecule has 3 N–H and O–H groups in total. The van der Waals surface area contributed by atoms with Crippen LogP contribution in [0.4, 0.5) is 0 Å². The van der Waals surface area contributed by atoms with Crippen molar-refractivity contribution in [2.24, 2.45) is 5.73 Å². The van der Waals surface area contributed by atoms with Gasteiger partial charge in [0.15, 0.2) is 5.69 Å². The van der Waals surface area contributed by atoms with Crippen molar-refractivity contribution >= 4 is 11.8 Å². The van der Waals surface area contributed by atoms with Crippen LogP contribution in [0.5, 0.6) is 5.75 Å². The second-order valence-electron chi connectivity index (χ2n) is 5.86. The van der Waals surface area contributed by atoms with E-state index in [-0.39, 0.29) is 24.6 Å². The highest BCUT2D eigenvalue weighted by atomic mass is 16.5. The Labute approximate surface area is 156 Å². The highest BCUT2D eigenvalue weighted by Gasteiger charge is 2.16. The van der Waals surface area contributed by atoms with Gasteiger partial charge in [0.05, 0.1) is 18.5 Å². The first-order chi connectivity index (χ1) is 13.1. The molecule has 0 aliphatic heterocycles. The Morgan fingerprint density at radius 3 is 2.44 bits per heavy atom. The van der Waals surface area contributed by atoms with E-state index in [1.807, 2.05) is 54.6 Å². The van der Waals surface area contributed by atoms with Crippen molar-refractivity contribution in [2.75, 3.05) is 13.7 Å². The number of amides is 2. The summed E-state index contributed by atoms with van der Waals surface area (Å²) in [6.45, 7) is 0.171. The SMILES string of the molecule is COc1ccc(-n2nc(C(=O)NCCC(N)=O)cc2-c2ccccc2)cc1. The monoisotopic (exact) mass is 364 g/mol. The predicted molar refractivity (Wildman–Crippen MR) is 102 cm³/mol. The lowest BCUT2D eigenvalue weighted by Crippen LogP contribution is -2.28. The van der Waals surface area contributed by atoms with Gasteiger partial charge in [0, 0.05) is 18.5 Å². The smallest absolute Gasteiger partial charge is 0.271 e. The van der Waals surface area contributed by atoms with E-state index in [2.05, 4.69) is 10.4 Å². The first-order valence-electron chi connectivity index (χ1n) is 8.45. The van der Waals surface area contributed by atoms with Gasteiger partial charge < -0.3 is 15.8 Å². The van der Waals surface area contributed by atoms with Crippen LogP contribution in [0, 0.1) is 0 Å².